The fourth-order valence-electron chi connectivity index (χ4n) is 3.94. The monoisotopic (exact) mass is 456 g/mol. The number of hydrogen-bond acceptors (Lipinski definition) is 6. The Morgan fingerprint density at radius 1 is 1.15 bits per heavy atom. The van der Waals surface area contributed by atoms with E-state index in [0.29, 0.717) is 12.2 Å². The lowest BCUT2D eigenvalue weighted by Gasteiger charge is -2.44. The predicted octanol–water partition coefficient (Wildman–Crippen LogP) is 4.87. The molecule has 0 bridgehead atoms. The molecule has 0 radical (unpaired) electrons. The van der Waals surface area contributed by atoms with Gasteiger partial charge in [0, 0.05) is 23.7 Å². The minimum atomic E-state index is -1.01. The summed E-state index contributed by atoms with van der Waals surface area (Å²) in [6.45, 7) is 2.38. The minimum Gasteiger partial charge on any atom is -0.462 e. The first-order chi connectivity index (χ1) is 15.9. The SMILES string of the molecule is CCCOC(=O)c1ccc(F)c(-c2ccc(NCC3(c4ncccc4F)CC(F)C3)nn2)c1. The molecule has 0 amide bonds. The van der Waals surface area contributed by atoms with Crippen LogP contribution >= 0.6 is 0 Å². The Balaban J connectivity index is 1.49. The van der Waals surface area contributed by atoms with Crippen molar-refractivity contribution < 1.29 is 22.7 Å². The molecule has 0 atom stereocenters. The molecule has 1 saturated carbocycles. The number of carbonyl (C=O) groups excluding carboxylic acids is 1. The van der Waals surface area contributed by atoms with Crippen LogP contribution in [0.4, 0.5) is 19.0 Å². The Kier molecular flexibility index (Phi) is 6.57. The summed E-state index contributed by atoms with van der Waals surface area (Å²) in [6.07, 6.45) is 1.47. The zero-order valence-corrected chi connectivity index (χ0v) is 18.0. The van der Waals surface area contributed by atoms with Gasteiger partial charge < -0.3 is 10.1 Å². The molecule has 1 N–H and O–H groups in total. The number of ether oxygens (including phenoxy) is 1. The third-order valence-electron chi connectivity index (χ3n) is 5.67. The van der Waals surface area contributed by atoms with Crippen LogP contribution in [0.2, 0.25) is 0 Å². The third-order valence-corrected chi connectivity index (χ3v) is 5.67. The van der Waals surface area contributed by atoms with Crippen LogP contribution in [0.15, 0.2) is 48.7 Å². The van der Waals surface area contributed by atoms with Crippen molar-refractivity contribution >= 4 is 11.8 Å². The average molecular weight is 456 g/mol. The number of nitrogens with one attached hydrogen (secondary N) is 1. The van der Waals surface area contributed by atoms with Crippen LogP contribution in [0.1, 0.15) is 42.2 Å². The number of esters is 1. The van der Waals surface area contributed by atoms with Crippen molar-refractivity contribution in [2.75, 3.05) is 18.5 Å². The molecule has 4 rings (SSSR count). The van der Waals surface area contributed by atoms with Gasteiger partial charge in [-0.25, -0.2) is 18.0 Å². The second-order valence-electron chi connectivity index (χ2n) is 8.11. The normalized spacial score (nSPS) is 19.6. The maximum Gasteiger partial charge on any atom is 0.338 e. The van der Waals surface area contributed by atoms with Gasteiger partial charge >= 0.3 is 5.97 Å². The standard InChI is InChI=1S/C24H23F3N4O2/c1-2-10-33-23(32)15-5-6-18(26)17(11-15)20-7-8-21(31-30-20)29-14-24(12-16(25)13-24)22-19(27)4-3-9-28-22/h3-9,11,16H,2,10,12-14H2,1H3,(H,29,31). The Hall–Kier alpha value is -3.49. The van der Waals surface area contributed by atoms with E-state index in [1.807, 2.05) is 6.92 Å². The molecule has 172 valence electrons. The van der Waals surface area contributed by atoms with Crippen molar-refractivity contribution in [1.29, 1.82) is 0 Å². The highest BCUT2D eigenvalue weighted by Crippen LogP contribution is 2.45. The van der Waals surface area contributed by atoms with E-state index >= 15 is 0 Å². The number of hydrogen-bond donors (Lipinski definition) is 1. The Bertz CT molecular complexity index is 1130. The van der Waals surface area contributed by atoms with Crippen molar-refractivity contribution in [3.05, 3.63) is 71.6 Å². The Morgan fingerprint density at radius 3 is 2.64 bits per heavy atom. The van der Waals surface area contributed by atoms with Gasteiger partial charge in [0.2, 0.25) is 0 Å². The quantitative estimate of drug-likeness (QED) is 0.488. The molecule has 0 aliphatic heterocycles. The number of pyridine rings is 1. The summed E-state index contributed by atoms with van der Waals surface area (Å²) in [6, 6.07) is 9.87. The molecule has 9 heteroatoms. The highest BCUT2D eigenvalue weighted by molar-refractivity contribution is 5.91. The van der Waals surface area contributed by atoms with E-state index in [9.17, 15) is 18.0 Å². The van der Waals surface area contributed by atoms with Gasteiger partial charge in [-0.1, -0.05) is 6.92 Å². The minimum absolute atomic E-state index is 0.117. The molecule has 2 heterocycles. The third kappa shape index (κ3) is 4.81. The van der Waals surface area contributed by atoms with Crippen molar-refractivity contribution in [1.82, 2.24) is 15.2 Å². The van der Waals surface area contributed by atoms with E-state index in [0.717, 1.165) is 0 Å². The number of halogens is 3. The number of rotatable bonds is 8. The number of carbonyl (C=O) groups is 1. The molecule has 2 aromatic heterocycles. The lowest BCUT2D eigenvalue weighted by molar-refractivity contribution is 0.0505. The van der Waals surface area contributed by atoms with Crippen LogP contribution in [0.5, 0.6) is 0 Å². The summed E-state index contributed by atoms with van der Waals surface area (Å²) < 4.78 is 47.5. The van der Waals surface area contributed by atoms with Crippen LogP contribution in [-0.4, -0.2) is 40.5 Å². The maximum absolute atomic E-state index is 14.4. The Morgan fingerprint density at radius 2 is 1.97 bits per heavy atom. The fraction of sp³-hybridized carbons (Fsp3) is 0.333. The smallest absolute Gasteiger partial charge is 0.338 e. The van der Waals surface area contributed by atoms with Crippen molar-refractivity contribution in [3.8, 4) is 11.3 Å². The van der Waals surface area contributed by atoms with Gasteiger partial charge in [0.15, 0.2) is 0 Å². The summed E-state index contributed by atoms with van der Waals surface area (Å²) in [7, 11) is 0. The number of aromatic nitrogens is 3. The maximum atomic E-state index is 14.4. The molecule has 3 aromatic rings. The second kappa shape index (κ2) is 9.56. The van der Waals surface area contributed by atoms with Gasteiger partial charge in [-0.2, -0.15) is 0 Å². The number of nitrogens with zero attached hydrogens (tertiary/aromatic N) is 3. The molecule has 0 spiro atoms. The van der Waals surface area contributed by atoms with Gasteiger partial charge in [0.1, 0.15) is 23.6 Å². The Labute approximate surface area is 189 Å². The second-order valence-corrected chi connectivity index (χ2v) is 8.11. The molecule has 0 unspecified atom stereocenters. The first-order valence-corrected chi connectivity index (χ1v) is 10.7. The summed E-state index contributed by atoms with van der Waals surface area (Å²) in [5, 5.41) is 11.2. The van der Waals surface area contributed by atoms with E-state index in [1.54, 1.807) is 12.1 Å². The highest BCUT2D eigenvalue weighted by atomic mass is 19.1. The van der Waals surface area contributed by atoms with Gasteiger partial charge in [-0.3, -0.25) is 4.98 Å². The first-order valence-electron chi connectivity index (χ1n) is 10.7. The van der Waals surface area contributed by atoms with Crippen LogP contribution in [0.25, 0.3) is 11.3 Å². The highest BCUT2D eigenvalue weighted by Gasteiger charge is 2.48. The number of benzene rings is 1. The number of alkyl halides is 1. The summed E-state index contributed by atoms with van der Waals surface area (Å²) >= 11 is 0. The summed E-state index contributed by atoms with van der Waals surface area (Å²) in [5.41, 5.74) is 0.0240. The molecular weight excluding hydrogens is 433 g/mol. The summed E-state index contributed by atoms with van der Waals surface area (Å²) in [5.74, 6) is -1.19. The van der Waals surface area contributed by atoms with Crippen LogP contribution in [-0.2, 0) is 10.2 Å². The lowest BCUT2D eigenvalue weighted by Crippen LogP contribution is -2.49. The van der Waals surface area contributed by atoms with E-state index in [-0.39, 0.29) is 48.5 Å². The van der Waals surface area contributed by atoms with Gasteiger partial charge in [0.05, 0.1) is 23.6 Å². The fourth-order valence-corrected chi connectivity index (χ4v) is 3.94. The van der Waals surface area contributed by atoms with Gasteiger partial charge in [0.25, 0.3) is 0 Å². The predicted molar refractivity (Wildman–Crippen MR) is 116 cm³/mol. The molecule has 1 fully saturated rings. The molecule has 6 nitrogen and oxygen atoms in total. The molecule has 0 saturated heterocycles. The summed E-state index contributed by atoms with van der Waals surface area (Å²) in [4.78, 5) is 16.2. The van der Waals surface area contributed by atoms with Gasteiger partial charge in [-0.05, 0) is 61.7 Å². The van der Waals surface area contributed by atoms with Crippen LogP contribution in [0, 0.1) is 11.6 Å². The van der Waals surface area contributed by atoms with E-state index in [1.165, 1.54) is 36.5 Å². The zero-order chi connectivity index (χ0) is 23.4. The average Bonchev–Trinajstić information content (AvgIpc) is 2.80. The van der Waals surface area contributed by atoms with Crippen molar-refractivity contribution in [2.24, 2.45) is 0 Å². The van der Waals surface area contributed by atoms with E-state index in [2.05, 4.69) is 20.5 Å². The van der Waals surface area contributed by atoms with E-state index < -0.39 is 29.2 Å². The molecule has 1 aromatic carbocycles. The van der Waals surface area contributed by atoms with Crippen LogP contribution in [0.3, 0.4) is 0 Å². The lowest BCUT2D eigenvalue weighted by atomic mass is 9.65. The molecule has 1 aliphatic rings. The van der Waals surface area contributed by atoms with Crippen LogP contribution < -0.4 is 5.32 Å². The zero-order valence-electron chi connectivity index (χ0n) is 18.0. The topological polar surface area (TPSA) is 77.0 Å². The van der Waals surface area contributed by atoms with Crippen molar-refractivity contribution in [3.63, 3.8) is 0 Å². The largest absolute Gasteiger partial charge is 0.462 e. The molecule has 1 aliphatic carbocycles. The van der Waals surface area contributed by atoms with Gasteiger partial charge in [-0.15, -0.1) is 10.2 Å². The van der Waals surface area contributed by atoms with Crippen molar-refractivity contribution in [2.45, 2.75) is 37.8 Å². The first kappa shape index (κ1) is 22.7. The number of anilines is 1. The molecular formula is C24H23F3N4O2. The van der Waals surface area contributed by atoms with E-state index in [4.69, 9.17) is 4.74 Å². The molecule has 33 heavy (non-hydrogen) atoms.